The molecule has 0 atom stereocenters. The van der Waals surface area contributed by atoms with Gasteiger partial charge in [0.05, 0.1) is 18.3 Å². The first-order valence-electron chi connectivity index (χ1n) is 7.58. The third kappa shape index (κ3) is 2.91. The minimum absolute atomic E-state index is 0.0423. The molecule has 0 aromatic carbocycles. The zero-order valence-corrected chi connectivity index (χ0v) is 13.1. The normalized spacial score (nSPS) is 14.0. The van der Waals surface area contributed by atoms with Crippen molar-refractivity contribution < 1.29 is 9.90 Å². The number of aliphatic hydroxyl groups is 1. The zero-order valence-electron chi connectivity index (χ0n) is 12.3. The van der Waals surface area contributed by atoms with Crippen LogP contribution in [-0.2, 0) is 24.2 Å². The second-order valence-electron chi connectivity index (χ2n) is 5.46. The Bertz CT molecular complexity index is 750. The average Bonchev–Trinajstić information content (AvgIpc) is 2.91. The number of aryl methyl sites for hydroxylation is 3. The van der Waals surface area contributed by atoms with Gasteiger partial charge in [-0.1, -0.05) is 0 Å². The number of amides is 1. The van der Waals surface area contributed by atoms with Gasteiger partial charge >= 0.3 is 0 Å². The summed E-state index contributed by atoms with van der Waals surface area (Å²) in [5, 5.41) is 12.0. The number of nitrogens with one attached hydrogen (secondary N) is 1. The summed E-state index contributed by atoms with van der Waals surface area (Å²) in [5.74, 6) is -0.173. The number of thiophene rings is 1. The minimum atomic E-state index is -0.173. The number of hydrogen-bond donors (Lipinski definition) is 2. The maximum absolute atomic E-state index is 12.6. The van der Waals surface area contributed by atoms with Crippen LogP contribution in [-0.4, -0.2) is 33.7 Å². The van der Waals surface area contributed by atoms with Crippen molar-refractivity contribution in [2.45, 2.75) is 38.6 Å². The van der Waals surface area contributed by atoms with Crippen LogP contribution < -0.4 is 10.9 Å². The van der Waals surface area contributed by atoms with E-state index in [-0.39, 0.29) is 31.0 Å². The highest BCUT2D eigenvalue weighted by molar-refractivity contribution is 7.18. The number of fused-ring (bicyclic) bond motifs is 3. The van der Waals surface area contributed by atoms with E-state index in [9.17, 15) is 9.59 Å². The summed E-state index contributed by atoms with van der Waals surface area (Å²) in [6, 6.07) is 0. The first-order valence-corrected chi connectivity index (χ1v) is 8.39. The molecule has 3 rings (SSSR count). The highest BCUT2D eigenvalue weighted by Crippen LogP contribution is 2.33. The molecule has 2 aromatic heterocycles. The maximum Gasteiger partial charge on any atom is 0.262 e. The van der Waals surface area contributed by atoms with Gasteiger partial charge in [0, 0.05) is 24.4 Å². The SMILES string of the molecule is O=C(CCn1cnc2sc3c(c2c1=O)CCCC3)NCCO. The fourth-order valence-electron chi connectivity index (χ4n) is 2.85. The van der Waals surface area contributed by atoms with Crippen LogP contribution in [0.4, 0.5) is 0 Å². The van der Waals surface area contributed by atoms with Crippen molar-refractivity contribution in [2.24, 2.45) is 0 Å². The quantitative estimate of drug-likeness (QED) is 0.854. The molecule has 0 saturated carbocycles. The summed E-state index contributed by atoms with van der Waals surface area (Å²) in [7, 11) is 0. The molecule has 1 amide bonds. The van der Waals surface area contributed by atoms with Crippen molar-refractivity contribution in [3.8, 4) is 0 Å². The van der Waals surface area contributed by atoms with Crippen LogP contribution in [0, 0.1) is 0 Å². The second-order valence-corrected chi connectivity index (χ2v) is 6.54. The molecule has 22 heavy (non-hydrogen) atoms. The fraction of sp³-hybridized carbons (Fsp3) is 0.533. The molecule has 2 heterocycles. The van der Waals surface area contributed by atoms with Crippen molar-refractivity contribution in [3.63, 3.8) is 0 Å². The van der Waals surface area contributed by atoms with Gasteiger partial charge in [0.1, 0.15) is 4.83 Å². The summed E-state index contributed by atoms with van der Waals surface area (Å²) in [6.45, 7) is 0.465. The number of carbonyl (C=O) groups excluding carboxylic acids is 1. The van der Waals surface area contributed by atoms with Gasteiger partial charge in [0.15, 0.2) is 0 Å². The van der Waals surface area contributed by atoms with Crippen molar-refractivity contribution >= 4 is 27.5 Å². The molecule has 0 saturated heterocycles. The van der Waals surface area contributed by atoms with Gasteiger partial charge in [-0.05, 0) is 31.2 Å². The predicted molar refractivity (Wildman–Crippen MR) is 85.2 cm³/mol. The molecule has 6 nitrogen and oxygen atoms in total. The highest BCUT2D eigenvalue weighted by atomic mass is 32.1. The number of rotatable bonds is 5. The maximum atomic E-state index is 12.6. The van der Waals surface area contributed by atoms with E-state index in [0.717, 1.165) is 29.5 Å². The second kappa shape index (κ2) is 6.58. The Hall–Kier alpha value is -1.73. The monoisotopic (exact) mass is 321 g/mol. The predicted octanol–water partition coefficient (Wildman–Crippen LogP) is 0.835. The van der Waals surface area contributed by atoms with Gasteiger partial charge in [-0.15, -0.1) is 11.3 Å². The van der Waals surface area contributed by atoms with Crippen molar-refractivity contribution in [1.82, 2.24) is 14.9 Å². The molecular formula is C15H19N3O3S. The molecule has 0 aliphatic heterocycles. The highest BCUT2D eigenvalue weighted by Gasteiger charge is 2.19. The van der Waals surface area contributed by atoms with Crippen LogP contribution in [0.2, 0.25) is 0 Å². The van der Waals surface area contributed by atoms with Crippen molar-refractivity contribution in [1.29, 1.82) is 0 Å². The summed E-state index contributed by atoms with van der Waals surface area (Å²) in [4.78, 5) is 30.7. The molecule has 7 heteroatoms. The summed E-state index contributed by atoms with van der Waals surface area (Å²) >= 11 is 1.63. The Labute approximate surface area is 131 Å². The smallest absolute Gasteiger partial charge is 0.262 e. The van der Waals surface area contributed by atoms with Gasteiger partial charge in [0.25, 0.3) is 5.56 Å². The third-order valence-corrected chi connectivity index (χ3v) is 5.16. The van der Waals surface area contributed by atoms with Gasteiger partial charge < -0.3 is 10.4 Å². The molecule has 0 radical (unpaired) electrons. The molecule has 1 aliphatic carbocycles. The van der Waals surface area contributed by atoms with E-state index in [1.807, 2.05) is 0 Å². The van der Waals surface area contributed by atoms with Gasteiger partial charge in [0.2, 0.25) is 5.91 Å². The first-order chi connectivity index (χ1) is 10.7. The van der Waals surface area contributed by atoms with Crippen LogP contribution in [0.1, 0.15) is 29.7 Å². The van der Waals surface area contributed by atoms with E-state index in [1.165, 1.54) is 27.8 Å². The van der Waals surface area contributed by atoms with Crippen LogP contribution in [0.25, 0.3) is 10.2 Å². The van der Waals surface area contributed by atoms with Gasteiger partial charge in [-0.25, -0.2) is 4.98 Å². The topological polar surface area (TPSA) is 84.2 Å². The molecular weight excluding hydrogens is 302 g/mol. The lowest BCUT2D eigenvalue weighted by molar-refractivity contribution is -0.121. The zero-order chi connectivity index (χ0) is 15.5. The lowest BCUT2D eigenvalue weighted by Gasteiger charge is -2.10. The number of hydrogen-bond acceptors (Lipinski definition) is 5. The largest absolute Gasteiger partial charge is 0.395 e. The molecule has 0 bridgehead atoms. The number of nitrogens with zero attached hydrogens (tertiary/aromatic N) is 2. The number of aliphatic hydroxyl groups excluding tert-OH is 1. The molecule has 0 spiro atoms. The molecule has 0 fully saturated rings. The van der Waals surface area contributed by atoms with E-state index in [4.69, 9.17) is 5.11 Å². The first kappa shape index (κ1) is 15.2. The lowest BCUT2D eigenvalue weighted by Crippen LogP contribution is -2.29. The number of carbonyl (C=O) groups is 1. The van der Waals surface area contributed by atoms with Crippen LogP contribution in [0.15, 0.2) is 11.1 Å². The Morgan fingerprint density at radius 3 is 3.05 bits per heavy atom. The van der Waals surface area contributed by atoms with E-state index in [0.29, 0.717) is 6.54 Å². The molecule has 2 N–H and O–H groups in total. The van der Waals surface area contributed by atoms with Crippen LogP contribution in [0.3, 0.4) is 0 Å². The van der Waals surface area contributed by atoms with Gasteiger partial charge in [-0.2, -0.15) is 0 Å². The Kier molecular flexibility index (Phi) is 4.54. The lowest BCUT2D eigenvalue weighted by atomic mass is 9.97. The van der Waals surface area contributed by atoms with Gasteiger partial charge in [-0.3, -0.25) is 14.2 Å². The number of aromatic nitrogens is 2. The fourth-order valence-corrected chi connectivity index (χ4v) is 4.07. The Balaban J connectivity index is 1.84. The minimum Gasteiger partial charge on any atom is -0.395 e. The van der Waals surface area contributed by atoms with Crippen molar-refractivity contribution in [2.75, 3.05) is 13.2 Å². The van der Waals surface area contributed by atoms with Crippen LogP contribution >= 0.6 is 11.3 Å². The van der Waals surface area contributed by atoms with Crippen molar-refractivity contribution in [3.05, 3.63) is 27.1 Å². The molecule has 1 aliphatic rings. The van der Waals surface area contributed by atoms with E-state index >= 15 is 0 Å². The Morgan fingerprint density at radius 2 is 2.23 bits per heavy atom. The Morgan fingerprint density at radius 1 is 1.41 bits per heavy atom. The van der Waals surface area contributed by atoms with E-state index in [1.54, 1.807) is 11.3 Å². The average molecular weight is 321 g/mol. The summed E-state index contributed by atoms with van der Waals surface area (Å²) in [5.41, 5.74) is 1.13. The molecule has 0 unspecified atom stereocenters. The molecule has 2 aromatic rings. The standard InChI is InChI=1S/C15H19N3O3S/c19-8-6-16-12(20)5-7-18-9-17-14-13(15(18)21)10-3-1-2-4-11(10)22-14/h9,19H,1-8H2,(H,16,20). The van der Waals surface area contributed by atoms with E-state index in [2.05, 4.69) is 10.3 Å². The van der Waals surface area contributed by atoms with E-state index < -0.39 is 0 Å². The summed E-state index contributed by atoms with van der Waals surface area (Å²) in [6.07, 6.45) is 6.04. The van der Waals surface area contributed by atoms with Crippen LogP contribution in [0.5, 0.6) is 0 Å². The third-order valence-electron chi connectivity index (χ3n) is 3.96. The molecule has 118 valence electrons. The summed E-state index contributed by atoms with van der Waals surface area (Å²) < 4.78 is 1.52.